The lowest BCUT2D eigenvalue weighted by molar-refractivity contribution is -0.271. The minimum atomic E-state index is -1.99. The summed E-state index contributed by atoms with van der Waals surface area (Å²) in [6.07, 6.45) is -10.2. The Labute approximate surface area is 411 Å². The minimum absolute atomic E-state index is 0.00246. The number of amides is 4. The highest BCUT2D eigenvalue weighted by Crippen LogP contribution is 2.43. The average molecular weight is 1000 g/mol. The SMILES string of the molecule is C=C1C[C@H]2C(=O)Nc3cc(OCCCCCOc4cc5c(cc4OC)C(=O)N4CC(=C)C[C@H]4C(O)N5C(=O)OCc4ccc(O[C@@H]5O[C@H](C(=O)O)[C@@H](O)[C@H](O)[C@H]5O)c(C(=O)OC)c4)c(OC)cc3C(=O)N2C1. The summed E-state index contributed by atoms with van der Waals surface area (Å²) in [5.74, 6) is -3.04. The van der Waals surface area contributed by atoms with Crippen LogP contribution in [-0.2, 0) is 30.4 Å². The summed E-state index contributed by atoms with van der Waals surface area (Å²) in [4.78, 5) is 83.1. The molecule has 3 aromatic carbocycles. The number of hydrogen-bond acceptors (Lipinski definition) is 18. The summed E-state index contributed by atoms with van der Waals surface area (Å²) in [7, 11) is 3.91. The Morgan fingerprint density at radius 3 is 2.06 bits per heavy atom. The van der Waals surface area contributed by atoms with E-state index in [1.165, 1.54) is 54.4 Å². The molecule has 3 saturated heterocycles. The van der Waals surface area contributed by atoms with Gasteiger partial charge in [-0.15, -0.1) is 0 Å². The third kappa shape index (κ3) is 9.92. The monoisotopic (exact) mass is 1000 g/mol. The molecule has 5 aliphatic heterocycles. The number of fused-ring (bicyclic) bond motifs is 4. The van der Waals surface area contributed by atoms with Crippen LogP contribution in [0.25, 0.3) is 0 Å². The van der Waals surface area contributed by atoms with E-state index in [0.29, 0.717) is 55.0 Å². The van der Waals surface area contributed by atoms with Gasteiger partial charge in [-0.25, -0.2) is 19.3 Å². The van der Waals surface area contributed by atoms with Crippen LogP contribution in [0.2, 0.25) is 0 Å². The second-order valence-corrected chi connectivity index (χ2v) is 17.7. The van der Waals surface area contributed by atoms with Crippen LogP contribution < -0.4 is 33.9 Å². The van der Waals surface area contributed by atoms with Crippen LogP contribution in [0.15, 0.2) is 66.8 Å². The largest absolute Gasteiger partial charge is 0.493 e. The van der Waals surface area contributed by atoms with Crippen LogP contribution in [0.3, 0.4) is 0 Å². The van der Waals surface area contributed by atoms with Crippen molar-refractivity contribution in [2.24, 2.45) is 0 Å². The van der Waals surface area contributed by atoms with E-state index in [0.717, 1.165) is 17.6 Å². The highest BCUT2D eigenvalue weighted by Gasteiger charge is 2.49. The Morgan fingerprint density at radius 2 is 1.39 bits per heavy atom. The van der Waals surface area contributed by atoms with Gasteiger partial charge >= 0.3 is 18.0 Å². The molecule has 8 atom stereocenters. The van der Waals surface area contributed by atoms with E-state index in [2.05, 4.69) is 18.5 Å². The average Bonchev–Trinajstić information content (AvgIpc) is 3.93. The fraction of sp³-hybridized carbons (Fsp3) is 0.429. The van der Waals surface area contributed by atoms with Crippen molar-refractivity contribution in [3.8, 4) is 28.7 Å². The zero-order valence-electron chi connectivity index (χ0n) is 39.4. The number of carboxylic acids is 1. The lowest BCUT2D eigenvalue weighted by Crippen LogP contribution is -2.61. The van der Waals surface area contributed by atoms with Gasteiger partial charge in [0.2, 0.25) is 12.2 Å². The molecule has 23 nitrogen and oxygen atoms in total. The molecule has 4 amide bonds. The van der Waals surface area contributed by atoms with Gasteiger partial charge in [-0.2, -0.15) is 0 Å². The van der Waals surface area contributed by atoms with Gasteiger partial charge in [0.05, 0.1) is 63.1 Å². The first-order valence-electron chi connectivity index (χ1n) is 22.8. The molecule has 384 valence electrons. The molecule has 0 bridgehead atoms. The Hall–Kier alpha value is -7.44. The van der Waals surface area contributed by atoms with Crippen molar-refractivity contribution < 1.29 is 92.2 Å². The van der Waals surface area contributed by atoms with E-state index < -0.39 is 79.6 Å². The fourth-order valence-electron chi connectivity index (χ4n) is 9.19. The molecule has 3 fully saturated rings. The first kappa shape index (κ1) is 50.9. The number of methoxy groups -OCH3 is 3. The number of nitrogens with zero attached hydrogens (tertiary/aromatic N) is 3. The normalized spacial score (nSPS) is 24.5. The van der Waals surface area contributed by atoms with E-state index in [9.17, 15) is 54.3 Å². The van der Waals surface area contributed by atoms with Gasteiger partial charge in [0, 0.05) is 25.2 Å². The zero-order chi connectivity index (χ0) is 51.7. The van der Waals surface area contributed by atoms with Crippen molar-refractivity contribution in [3.05, 3.63) is 89.0 Å². The number of carboxylic acid groups (broad SMARTS) is 1. The van der Waals surface area contributed by atoms with Crippen LogP contribution in [0.4, 0.5) is 16.2 Å². The molecular weight excluding hydrogens is 949 g/mol. The lowest BCUT2D eigenvalue weighted by Gasteiger charge is -2.38. The van der Waals surface area contributed by atoms with Crippen molar-refractivity contribution in [3.63, 3.8) is 0 Å². The standard InChI is InChI=1S/C49H54N4O19/c1-23-13-31-42(57)50-29-18-36(34(65-3)16-26(29)43(58)51(31)20-23)68-11-7-6-8-12-69-37-19-30-27(17-35(37)66-4)44(59)52-21-24(2)14-32(52)45(60)53(30)49(64)70-22-25-9-10-33(28(15-25)47(63)67-5)71-48-40(56)38(54)39(55)41(72-48)46(61)62/h9-10,15-19,31-32,38-41,45,48,54-56,60H,1-2,6-8,11-14,20-22H2,3-5H3,(H,50,57)(H,61,62)/t31-,32-,38-,39-,40+,41-,45?,48+/m0/s1. The summed E-state index contributed by atoms with van der Waals surface area (Å²) in [5, 5.41) is 55.0. The molecule has 0 spiro atoms. The molecule has 0 radical (unpaired) electrons. The van der Waals surface area contributed by atoms with Crippen molar-refractivity contribution >= 4 is 47.1 Å². The fourth-order valence-corrected chi connectivity index (χ4v) is 9.19. The number of carbonyl (C=O) groups excluding carboxylic acids is 5. The highest BCUT2D eigenvalue weighted by molar-refractivity contribution is 6.11. The molecule has 8 rings (SSSR count). The van der Waals surface area contributed by atoms with Crippen molar-refractivity contribution in [1.82, 2.24) is 9.80 Å². The summed E-state index contributed by atoms with van der Waals surface area (Å²) >= 11 is 0. The molecule has 6 N–H and O–H groups in total. The summed E-state index contributed by atoms with van der Waals surface area (Å²) in [6, 6.07) is 8.20. The second-order valence-electron chi connectivity index (χ2n) is 17.7. The van der Waals surface area contributed by atoms with Gasteiger partial charge in [0.15, 0.2) is 35.3 Å². The van der Waals surface area contributed by atoms with Crippen molar-refractivity contribution in [2.45, 2.75) is 87.7 Å². The van der Waals surface area contributed by atoms with Gasteiger partial charge in [-0.3, -0.25) is 14.4 Å². The van der Waals surface area contributed by atoms with E-state index >= 15 is 0 Å². The summed E-state index contributed by atoms with van der Waals surface area (Å²) in [5.41, 5.74) is 1.91. The first-order chi connectivity index (χ1) is 34.4. The predicted molar refractivity (Wildman–Crippen MR) is 248 cm³/mol. The molecule has 3 aromatic rings. The number of nitrogens with one attached hydrogen (secondary N) is 1. The van der Waals surface area contributed by atoms with E-state index in [4.69, 9.17) is 37.9 Å². The third-order valence-electron chi connectivity index (χ3n) is 12.9. The van der Waals surface area contributed by atoms with Gasteiger partial charge in [0.25, 0.3) is 11.8 Å². The van der Waals surface area contributed by atoms with E-state index in [1.54, 1.807) is 12.1 Å². The quantitative estimate of drug-likeness (QED) is 0.0682. The number of aliphatic hydroxyl groups is 4. The number of aliphatic hydroxyl groups excluding tert-OH is 4. The summed E-state index contributed by atoms with van der Waals surface area (Å²) in [6.45, 7) is 8.24. The number of esters is 1. The number of carbonyl (C=O) groups is 6. The molecule has 0 aliphatic carbocycles. The van der Waals surface area contributed by atoms with Crippen molar-refractivity contribution in [1.29, 1.82) is 0 Å². The molecule has 5 aliphatic rings. The molecule has 72 heavy (non-hydrogen) atoms. The molecule has 1 unspecified atom stereocenters. The Morgan fingerprint density at radius 1 is 0.750 bits per heavy atom. The zero-order valence-corrected chi connectivity index (χ0v) is 39.4. The highest BCUT2D eigenvalue weighted by atomic mass is 16.7. The van der Waals surface area contributed by atoms with Crippen LogP contribution >= 0.6 is 0 Å². The number of hydrogen-bond donors (Lipinski definition) is 6. The van der Waals surface area contributed by atoms with Crippen LogP contribution in [-0.4, -0.2) is 168 Å². The van der Waals surface area contributed by atoms with E-state index in [1.807, 2.05) is 0 Å². The molecule has 0 aromatic heterocycles. The molecule has 0 saturated carbocycles. The second kappa shape index (κ2) is 21.1. The summed E-state index contributed by atoms with van der Waals surface area (Å²) < 4.78 is 44.8. The van der Waals surface area contributed by atoms with Crippen LogP contribution in [0.1, 0.15) is 68.7 Å². The van der Waals surface area contributed by atoms with Gasteiger partial charge in [0.1, 0.15) is 42.3 Å². The van der Waals surface area contributed by atoms with Crippen LogP contribution in [0.5, 0.6) is 28.7 Å². The maximum Gasteiger partial charge on any atom is 0.416 e. The van der Waals surface area contributed by atoms with Crippen molar-refractivity contribution in [2.75, 3.05) is 57.8 Å². The number of anilines is 2. The number of ether oxygens (including phenoxy) is 8. The smallest absolute Gasteiger partial charge is 0.416 e. The Kier molecular flexibility index (Phi) is 14.9. The van der Waals surface area contributed by atoms with Gasteiger partial charge in [-0.05, 0) is 61.9 Å². The number of benzene rings is 3. The Balaban J connectivity index is 0.941. The molecule has 5 heterocycles. The topological polar surface area (TPSA) is 299 Å². The van der Waals surface area contributed by atoms with Gasteiger partial charge in [-0.1, -0.05) is 30.4 Å². The number of rotatable bonds is 16. The third-order valence-corrected chi connectivity index (χ3v) is 12.9. The minimum Gasteiger partial charge on any atom is -0.493 e. The molecular formula is C49H54N4O19. The van der Waals surface area contributed by atoms with E-state index in [-0.39, 0.29) is 83.2 Å². The number of unbranched alkanes of at least 4 members (excludes halogenated alkanes) is 2. The molecule has 23 heteroatoms. The van der Waals surface area contributed by atoms with Crippen LogP contribution in [0, 0.1) is 0 Å². The Bertz CT molecular complexity index is 2690. The first-order valence-corrected chi connectivity index (χ1v) is 22.8. The number of aliphatic carboxylic acids is 1. The maximum atomic E-state index is 14.2. The van der Waals surface area contributed by atoms with Gasteiger partial charge < -0.3 is 78.5 Å². The maximum absolute atomic E-state index is 14.2. The lowest BCUT2D eigenvalue weighted by atomic mass is 9.99. The predicted octanol–water partition coefficient (Wildman–Crippen LogP) is 2.36.